The Labute approximate surface area is 122 Å². The van der Waals surface area contributed by atoms with Gasteiger partial charge in [-0.25, -0.2) is 0 Å². The molecule has 1 amide bonds. The predicted molar refractivity (Wildman–Crippen MR) is 78.4 cm³/mol. The molecule has 5 heteroatoms. The van der Waals surface area contributed by atoms with Gasteiger partial charge in [0, 0.05) is 28.7 Å². The Bertz CT molecular complexity index is 566. The summed E-state index contributed by atoms with van der Waals surface area (Å²) in [5.41, 5.74) is 1.66. The third-order valence-corrected chi connectivity index (χ3v) is 3.82. The number of rotatable bonds is 3. The number of benzene rings is 1. The molecule has 18 heavy (non-hydrogen) atoms. The van der Waals surface area contributed by atoms with Gasteiger partial charge in [0.05, 0.1) is 0 Å². The first-order valence-corrected chi connectivity index (χ1v) is 6.99. The highest BCUT2D eigenvalue weighted by Gasteiger charge is 2.14. The lowest BCUT2D eigenvalue weighted by Gasteiger charge is -2.17. The number of H-pyrrole nitrogens is 1. The lowest BCUT2D eigenvalue weighted by atomic mass is 10.2. The Kier molecular flexibility index (Phi) is 4.24. The Morgan fingerprint density at radius 1 is 1.33 bits per heavy atom. The largest absolute Gasteiger partial charge is 0.356 e. The predicted octanol–water partition coefficient (Wildman–Crippen LogP) is 3.81. The molecule has 0 bridgehead atoms. The van der Waals surface area contributed by atoms with Gasteiger partial charge >= 0.3 is 0 Å². The summed E-state index contributed by atoms with van der Waals surface area (Å²) in [6.07, 6.45) is 1.75. The van der Waals surface area contributed by atoms with Gasteiger partial charge < -0.3 is 9.88 Å². The zero-order chi connectivity index (χ0) is 13.1. The summed E-state index contributed by atoms with van der Waals surface area (Å²) in [6.45, 7) is 0.566. The summed E-state index contributed by atoms with van der Waals surface area (Å²) in [5, 5.41) is 0. The van der Waals surface area contributed by atoms with Crippen LogP contribution < -0.4 is 0 Å². The third-order valence-electron chi connectivity index (χ3n) is 2.59. The zero-order valence-electron chi connectivity index (χ0n) is 9.78. The topological polar surface area (TPSA) is 36.1 Å². The van der Waals surface area contributed by atoms with Crippen LogP contribution in [0.1, 0.15) is 16.1 Å². The minimum atomic E-state index is -0.0311. The minimum absolute atomic E-state index is 0.0311. The number of halogens is 2. The Balaban J connectivity index is 2.11. The number of nitrogens with one attached hydrogen (secondary N) is 1. The van der Waals surface area contributed by atoms with Gasteiger partial charge in [0.1, 0.15) is 5.69 Å². The second-order valence-corrected chi connectivity index (χ2v) is 5.75. The molecule has 0 spiro atoms. The van der Waals surface area contributed by atoms with E-state index in [1.54, 1.807) is 24.2 Å². The Morgan fingerprint density at radius 3 is 2.67 bits per heavy atom. The van der Waals surface area contributed by atoms with E-state index >= 15 is 0 Å². The molecule has 1 heterocycles. The summed E-state index contributed by atoms with van der Waals surface area (Å²) >= 11 is 6.80. The second kappa shape index (κ2) is 5.71. The normalized spacial score (nSPS) is 10.4. The molecular formula is C13H12Br2N2O. The first-order chi connectivity index (χ1) is 8.58. The van der Waals surface area contributed by atoms with Crippen LogP contribution in [0.3, 0.4) is 0 Å². The third kappa shape index (κ3) is 3.03. The molecule has 0 unspecified atom stereocenters. The average molecular weight is 372 g/mol. The highest BCUT2D eigenvalue weighted by molar-refractivity contribution is 9.10. The van der Waals surface area contributed by atoms with E-state index in [0.717, 1.165) is 14.5 Å². The number of carbonyl (C=O) groups is 1. The van der Waals surface area contributed by atoms with Crippen molar-refractivity contribution in [3.05, 3.63) is 56.7 Å². The zero-order valence-corrected chi connectivity index (χ0v) is 13.0. The van der Waals surface area contributed by atoms with Crippen molar-refractivity contribution in [2.75, 3.05) is 7.05 Å². The van der Waals surface area contributed by atoms with Gasteiger partial charge in [0.25, 0.3) is 5.91 Å². The molecule has 1 N–H and O–H groups in total. The van der Waals surface area contributed by atoms with Crippen LogP contribution in [0.5, 0.6) is 0 Å². The number of hydrogen-bond donors (Lipinski definition) is 1. The first-order valence-electron chi connectivity index (χ1n) is 5.40. The van der Waals surface area contributed by atoms with Crippen molar-refractivity contribution < 1.29 is 4.79 Å². The van der Waals surface area contributed by atoms with Gasteiger partial charge in [-0.15, -0.1) is 0 Å². The van der Waals surface area contributed by atoms with E-state index in [4.69, 9.17) is 0 Å². The molecule has 2 aromatic rings. The van der Waals surface area contributed by atoms with E-state index in [-0.39, 0.29) is 5.91 Å². The lowest BCUT2D eigenvalue weighted by molar-refractivity contribution is 0.0779. The number of nitrogens with zero attached hydrogens (tertiary/aromatic N) is 1. The van der Waals surface area contributed by atoms with Crippen molar-refractivity contribution in [3.63, 3.8) is 0 Å². The quantitative estimate of drug-likeness (QED) is 0.874. The smallest absolute Gasteiger partial charge is 0.270 e. The summed E-state index contributed by atoms with van der Waals surface area (Å²) in [5.74, 6) is -0.0311. The summed E-state index contributed by atoms with van der Waals surface area (Å²) < 4.78 is 1.89. The van der Waals surface area contributed by atoms with Crippen LogP contribution in [0.2, 0.25) is 0 Å². The molecule has 0 aliphatic carbocycles. The molecule has 0 radical (unpaired) electrons. The molecule has 0 atom stereocenters. The minimum Gasteiger partial charge on any atom is -0.356 e. The van der Waals surface area contributed by atoms with Crippen molar-refractivity contribution in [1.82, 2.24) is 9.88 Å². The highest BCUT2D eigenvalue weighted by Crippen LogP contribution is 2.18. The van der Waals surface area contributed by atoms with Crippen molar-refractivity contribution >= 4 is 37.8 Å². The van der Waals surface area contributed by atoms with Crippen LogP contribution in [0.15, 0.2) is 45.5 Å². The van der Waals surface area contributed by atoms with Crippen LogP contribution >= 0.6 is 31.9 Å². The molecule has 0 aliphatic heterocycles. The van der Waals surface area contributed by atoms with E-state index in [1.165, 1.54) is 0 Å². The van der Waals surface area contributed by atoms with Crippen LogP contribution in [0, 0.1) is 0 Å². The standard InChI is InChI=1S/C13H12Br2N2O/c1-17(8-9-4-2-3-5-11(9)15)13(18)12-6-10(14)7-16-12/h2-7,16H,8H2,1H3. The van der Waals surface area contributed by atoms with E-state index in [9.17, 15) is 4.79 Å². The van der Waals surface area contributed by atoms with Gasteiger partial charge in [0.2, 0.25) is 0 Å². The maximum absolute atomic E-state index is 12.1. The van der Waals surface area contributed by atoms with Gasteiger partial charge in [0.15, 0.2) is 0 Å². The van der Waals surface area contributed by atoms with Gasteiger partial charge in [-0.3, -0.25) is 4.79 Å². The molecular weight excluding hydrogens is 360 g/mol. The first kappa shape index (κ1) is 13.4. The van der Waals surface area contributed by atoms with Crippen LogP contribution in [-0.2, 0) is 6.54 Å². The molecule has 2 rings (SSSR count). The van der Waals surface area contributed by atoms with E-state index in [1.807, 2.05) is 24.3 Å². The molecule has 94 valence electrons. The lowest BCUT2D eigenvalue weighted by Crippen LogP contribution is -2.26. The molecule has 3 nitrogen and oxygen atoms in total. The van der Waals surface area contributed by atoms with E-state index < -0.39 is 0 Å². The Morgan fingerprint density at radius 2 is 2.06 bits per heavy atom. The number of aromatic nitrogens is 1. The maximum Gasteiger partial charge on any atom is 0.270 e. The van der Waals surface area contributed by atoms with Crippen molar-refractivity contribution in [2.24, 2.45) is 0 Å². The van der Waals surface area contributed by atoms with Crippen LogP contribution in [0.4, 0.5) is 0 Å². The molecule has 0 saturated heterocycles. The SMILES string of the molecule is CN(Cc1ccccc1Br)C(=O)c1cc(Br)c[nH]1. The summed E-state index contributed by atoms with van der Waals surface area (Å²) in [7, 11) is 1.79. The van der Waals surface area contributed by atoms with Crippen LogP contribution in [-0.4, -0.2) is 22.8 Å². The van der Waals surface area contributed by atoms with Crippen LogP contribution in [0.25, 0.3) is 0 Å². The monoisotopic (exact) mass is 370 g/mol. The summed E-state index contributed by atoms with van der Waals surface area (Å²) in [4.78, 5) is 16.7. The molecule has 0 fully saturated rings. The van der Waals surface area contributed by atoms with Crippen molar-refractivity contribution in [1.29, 1.82) is 0 Å². The van der Waals surface area contributed by atoms with E-state index in [0.29, 0.717) is 12.2 Å². The second-order valence-electron chi connectivity index (χ2n) is 3.98. The molecule has 1 aromatic carbocycles. The number of aromatic amines is 1. The molecule has 0 aliphatic rings. The van der Waals surface area contributed by atoms with Gasteiger partial charge in [-0.05, 0) is 33.6 Å². The number of hydrogen-bond acceptors (Lipinski definition) is 1. The summed E-state index contributed by atoms with van der Waals surface area (Å²) in [6, 6.07) is 9.66. The highest BCUT2D eigenvalue weighted by atomic mass is 79.9. The molecule has 1 aromatic heterocycles. The number of amides is 1. The van der Waals surface area contributed by atoms with Gasteiger partial charge in [-0.2, -0.15) is 0 Å². The fourth-order valence-electron chi connectivity index (χ4n) is 1.65. The van der Waals surface area contributed by atoms with Crippen molar-refractivity contribution in [3.8, 4) is 0 Å². The van der Waals surface area contributed by atoms with E-state index in [2.05, 4.69) is 36.8 Å². The fourth-order valence-corrected chi connectivity index (χ4v) is 2.40. The Hall–Kier alpha value is -1.07. The van der Waals surface area contributed by atoms with Gasteiger partial charge in [-0.1, -0.05) is 34.1 Å². The number of carbonyl (C=O) groups excluding carboxylic acids is 1. The molecule has 0 saturated carbocycles. The maximum atomic E-state index is 12.1. The van der Waals surface area contributed by atoms with Crippen molar-refractivity contribution in [2.45, 2.75) is 6.54 Å². The average Bonchev–Trinajstić information content (AvgIpc) is 2.78. The fraction of sp³-hybridized carbons (Fsp3) is 0.154.